The summed E-state index contributed by atoms with van der Waals surface area (Å²) in [4.78, 5) is 19.1. The van der Waals surface area contributed by atoms with Gasteiger partial charge in [-0.3, -0.25) is 14.0 Å². The third-order valence-corrected chi connectivity index (χ3v) is 6.44. The Hall–Kier alpha value is -3.43. The average molecular weight is 513 g/mol. The molecule has 3 aromatic rings. The minimum Gasteiger partial charge on any atom is -0.497 e. The van der Waals surface area contributed by atoms with Crippen LogP contribution in [-0.2, 0) is 32.1 Å². The van der Waals surface area contributed by atoms with Crippen LogP contribution in [0.15, 0.2) is 54.7 Å². The molecule has 0 radical (unpaired) electrons. The van der Waals surface area contributed by atoms with E-state index >= 15 is 0 Å². The Balaban J connectivity index is 1.91. The number of pyridine rings is 1. The molecule has 0 N–H and O–H groups in total. The largest absolute Gasteiger partial charge is 0.497 e. The molecule has 0 spiro atoms. The van der Waals surface area contributed by atoms with E-state index in [1.54, 1.807) is 36.4 Å². The molecule has 8 nitrogen and oxygen atoms in total. The SMILES string of the molecule is COc1ccc(OCCOS(C)(=O)=O)c(CN(C(C)=O)c2cccnc2Cc2cccc(C)c2C)c1. The summed E-state index contributed by atoms with van der Waals surface area (Å²) in [6.45, 7) is 5.78. The molecular formula is C27H32N2O6S. The van der Waals surface area contributed by atoms with Gasteiger partial charge in [0.15, 0.2) is 0 Å². The summed E-state index contributed by atoms with van der Waals surface area (Å²) in [5.74, 6) is 0.952. The number of hydrogen-bond acceptors (Lipinski definition) is 7. The highest BCUT2D eigenvalue weighted by Gasteiger charge is 2.20. The van der Waals surface area contributed by atoms with Crippen LogP contribution in [0.1, 0.15) is 34.9 Å². The van der Waals surface area contributed by atoms with Crippen LogP contribution in [0.2, 0.25) is 0 Å². The minimum atomic E-state index is -3.56. The van der Waals surface area contributed by atoms with Crippen molar-refractivity contribution in [3.05, 3.63) is 82.7 Å². The van der Waals surface area contributed by atoms with Crippen LogP contribution < -0.4 is 14.4 Å². The van der Waals surface area contributed by atoms with Crippen molar-refractivity contribution in [2.45, 2.75) is 33.7 Å². The van der Waals surface area contributed by atoms with Crippen LogP contribution in [0.25, 0.3) is 0 Å². The van der Waals surface area contributed by atoms with E-state index in [1.807, 2.05) is 18.2 Å². The van der Waals surface area contributed by atoms with E-state index in [1.165, 1.54) is 18.1 Å². The van der Waals surface area contributed by atoms with Crippen molar-refractivity contribution in [3.8, 4) is 11.5 Å². The second-order valence-electron chi connectivity index (χ2n) is 8.46. The molecule has 2 aromatic carbocycles. The fourth-order valence-corrected chi connectivity index (χ4v) is 4.19. The number of nitrogens with zero attached hydrogens (tertiary/aromatic N) is 2. The summed E-state index contributed by atoms with van der Waals surface area (Å²) in [5.41, 5.74) is 5.74. The van der Waals surface area contributed by atoms with Gasteiger partial charge in [-0.05, 0) is 60.9 Å². The third-order valence-electron chi connectivity index (χ3n) is 5.85. The zero-order valence-electron chi connectivity index (χ0n) is 21.3. The van der Waals surface area contributed by atoms with Crippen molar-refractivity contribution < 1.29 is 26.9 Å². The summed E-state index contributed by atoms with van der Waals surface area (Å²) < 4.78 is 38.4. The molecule has 1 heterocycles. The van der Waals surface area contributed by atoms with Gasteiger partial charge in [-0.1, -0.05) is 18.2 Å². The number of aromatic nitrogens is 1. The number of rotatable bonds is 11. The molecule has 0 unspecified atom stereocenters. The van der Waals surface area contributed by atoms with Gasteiger partial charge in [0.2, 0.25) is 5.91 Å². The highest BCUT2D eigenvalue weighted by Crippen LogP contribution is 2.30. The molecular weight excluding hydrogens is 480 g/mol. The molecule has 0 bridgehead atoms. The average Bonchev–Trinajstić information content (AvgIpc) is 2.83. The first-order valence-electron chi connectivity index (χ1n) is 11.5. The molecule has 0 aliphatic heterocycles. The predicted molar refractivity (Wildman–Crippen MR) is 139 cm³/mol. The number of methoxy groups -OCH3 is 1. The lowest BCUT2D eigenvalue weighted by Gasteiger charge is -2.25. The van der Waals surface area contributed by atoms with Crippen molar-refractivity contribution >= 4 is 21.7 Å². The molecule has 0 fully saturated rings. The Morgan fingerprint density at radius 3 is 2.50 bits per heavy atom. The Bertz CT molecular complexity index is 1320. The quantitative estimate of drug-likeness (QED) is 0.281. The van der Waals surface area contributed by atoms with Crippen LogP contribution in [0.5, 0.6) is 11.5 Å². The summed E-state index contributed by atoms with van der Waals surface area (Å²) in [6.07, 6.45) is 3.29. The second-order valence-corrected chi connectivity index (χ2v) is 10.1. The topological polar surface area (TPSA) is 95.0 Å². The van der Waals surface area contributed by atoms with Gasteiger partial charge in [0.25, 0.3) is 10.1 Å². The molecule has 0 saturated heterocycles. The molecule has 9 heteroatoms. The van der Waals surface area contributed by atoms with Gasteiger partial charge in [-0.15, -0.1) is 0 Å². The van der Waals surface area contributed by atoms with Gasteiger partial charge < -0.3 is 14.4 Å². The summed E-state index contributed by atoms with van der Waals surface area (Å²) in [5, 5.41) is 0. The zero-order chi connectivity index (χ0) is 26.3. The number of aryl methyl sites for hydroxylation is 1. The van der Waals surface area contributed by atoms with Crippen LogP contribution >= 0.6 is 0 Å². The van der Waals surface area contributed by atoms with Crippen molar-refractivity contribution in [2.24, 2.45) is 0 Å². The highest BCUT2D eigenvalue weighted by molar-refractivity contribution is 7.85. The molecule has 0 aliphatic carbocycles. The Morgan fingerprint density at radius 1 is 1.03 bits per heavy atom. The third kappa shape index (κ3) is 7.29. The maximum atomic E-state index is 12.9. The molecule has 192 valence electrons. The smallest absolute Gasteiger partial charge is 0.264 e. The van der Waals surface area contributed by atoms with Crippen molar-refractivity contribution in [1.82, 2.24) is 4.98 Å². The second kappa shape index (κ2) is 12.0. The van der Waals surface area contributed by atoms with E-state index in [9.17, 15) is 13.2 Å². The fourth-order valence-electron chi connectivity index (χ4n) is 3.82. The van der Waals surface area contributed by atoms with Crippen molar-refractivity contribution in [3.63, 3.8) is 0 Å². The number of amides is 1. The molecule has 3 rings (SSSR count). The fraction of sp³-hybridized carbons (Fsp3) is 0.333. The molecule has 36 heavy (non-hydrogen) atoms. The van der Waals surface area contributed by atoms with Gasteiger partial charge >= 0.3 is 0 Å². The first-order chi connectivity index (χ1) is 17.1. The van der Waals surface area contributed by atoms with Crippen molar-refractivity contribution in [1.29, 1.82) is 0 Å². The molecule has 0 aliphatic rings. The number of anilines is 1. The van der Waals surface area contributed by atoms with Crippen molar-refractivity contribution in [2.75, 3.05) is 31.5 Å². The highest BCUT2D eigenvalue weighted by atomic mass is 32.2. The number of ether oxygens (including phenoxy) is 2. The summed E-state index contributed by atoms with van der Waals surface area (Å²) in [7, 11) is -2.00. The molecule has 1 amide bonds. The van der Waals surface area contributed by atoms with E-state index in [0.29, 0.717) is 29.2 Å². The lowest BCUT2D eigenvalue weighted by atomic mass is 9.98. The predicted octanol–water partition coefficient (Wildman–Crippen LogP) is 4.21. The number of carbonyl (C=O) groups is 1. The van der Waals surface area contributed by atoms with Gasteiger partial charge in [-0.2, -0.15) is 8.42 Å². The normalized spacial score (nSPS) is 11.2. The Labute approximate surface area is 213 Å². The monoisotopic (exact) mass is 512 g/mol. The molecule has 0 saturated carbocycles. The number of benzene rings is 2. The van der Waals surface area contributed by atoms with E-state index in [2.05, 4.69) is 31.0 Å². The lowest BCUT2D eigenvalue weighted by molar-refractivity contribution is -0.116. The Kier molecular flexibility index (Phi) is 9.06. The first-order valence-corrected chi connectivity index (χ1v) is 13.3. The van der Waals surface area contributed by atoms with E-state index < -0.39 is 10.1 Å². The van der Waals surface area contributed by atoms with E-state index in [0.717, 1.165) is 17.5 Å². The van der Waals surface area contributed by atoms with Crippen LogP contribution in [0.4, 0.5) is 5.69 Å². The van der Waals surface area contributed by atoms with Gasteiger partial charge in [0, 0.05) is 25.1 Å². The maximum Gasteiger partial charge on any atom is 0.264 e. The van der Waals surface area contributed by atoms with Gasteiger partial charge in [-0.25, -0.2) is 0 Å². The van der Waals surface area contributed by atoms with Gasteiger partial charge in [0.05, 0.1) is 31.3 Å². The van der Waals surface area contributed by atoms with Crippen LogP contribution in [0, 0.1) is 13.8 Å². The van der Waals surface area contributed by atoms with Gasteiger partial charge in [0.1, 0.15) is 24.7 Å². The number of hydrogen-bond donors (Lipinski definition) is 0. The minimum absolute atomic E-state index is 0.0250. The standard InChI is InChI=1S/C27H32N2O6S/c1-19-8-6-9-22(20(19)2)17-25-26(10-7-13-28-25)29(21(3)30)18-23-16-24(33-4)11-12-27(23)34-14-15-35-36(5,31)32/h6-13,16H,14-15,17-18H2,1-5H3. The first kappa shape index (κ1) is 27.2. The lowest BCUT2D eigenvalue weighted by Crippen LogP contribution is -2.29. The maximum absolute atomic E-state index is 12.9. The molecule has 0 atom stereocenters. The van der Waals surface area contributed by atoms with E-state index in [-0.39, 0.29) is 25.7 Å². The summed E-state index contributed by atoms with van der Waals surface area (Å²) >= 11 is 0. The van der Waals surface area contributed by atoms with Crippen LogP contribution in [0.3, 0.4) is 0 Å². The molecule has 1 aromatic heterocycles. The van der Waals surface area contributed by atoms with E-state index in [4.69, 9.17) is 13.7 Å². The summed E-state index contributed by atoms with van der Waals surface area (Å²) in [6, 6.07) is 15.1. The van der Waals surface area contributed by atoms with Crippen LogP contribution in [-0.4, -0.2) is 45.9 Å². The Morgan fingerprint density at radius 2 is 1.81 bits per heavy atom. The number of carbonyl (C=O) groups excluding carboxylic acids is 1. The zero-order valence-corrected chi connectivity index (χ0v) is 22.1.